The first-order valence-corrected chi connectivity index (χ1v) is 14.8. The first kappa shape index (κ1) is 27.3. The number of anilines is 1. The van der Waals surface area contributed by atoms with E-state index in [1.807, 2.05) is 54.6 Å². The summed E-state index contributed by atoms with van der Waals surface area (Å²) in [4.78, 5) is 32.2. The number of aromatic carboxylic acids is 1. The zero-order valence-corrected chi connectivity index (χ0v) is 23.8. The molecule has 41 heavy (non-hydrogen) atoms. The summed E-state index contributed by atoms with van der Waals surface area (Å²) in [5.74, 6) is -0.330. The molecule has 0 radical (unpaired) electrons. The fourth-order valence-corrected chi connectivity index (χ4v) is 7.00. The van der Waals surface area contributed by atoms with Crippen LogP contribution in [-0.2, 0) is 24.2 Å². The van der Waals surface area contributed by atoms with Gasteiger partial charge in [-0.1, -0.05) is 30.3 Å². The molecule has 6 rings (SSSR count). The van der Waals surface area contributed by atoms with Gasteiger partial charge >= 0.3 is 5.97 Å². The van der Waals surface area contributed by atoms with Gasteiger partial charge in [0.25, 0.3) is 5.91 Å². The number of rotatable bonds is 9. The number of carboxylic acids is 1. The molecule has 2 aliphatic rings. The molecule has 214 valence electrons. The highest BCUT2D eigenvalue weighted by atomic mass is 32.1. The van der Waals surface area contributed by atoms with Gasteiger partial charge in [0.15, 0.2) is 0 Å². The molecular weight excluding hydrogens is 540 g/mol. The summed E-state index contributed by atoms with van der Waals surface area (Å²) < 4.78 is 11.2. The minimum Gasteiger partial charge on any atom is -0.497 e. The first-order valence-electron chi connectivity index (χ1n) is 14.0. The number of aromatic nitrogens is 1. The lowest BCUT2D eigenvalue weighted by Gasteiger charge is -2.36. The van der Waals surface area contributed by atoms with Crippen molar-refractivity contribution in [2.75, 3.05) is 25.6 Å². The largest absolute Gasteiger partial charge is 0.497 e. The number of nitrogens with one attached hydrogen (secondary N) is 3. The summed E-state index contributed by atoms with van der Waals surface area (Å²) in [6, 6.07) is 17.5. The molecule has 0 spiro atoms. The Morgan fingerprint density at radius 2 is 2.00 bits per heavy atom. The fraction of sp³-hybridized carbons (Fsp3) is 0.355. The number of carbonyl (C=O) groups excluding carboxylic acids is 1. The predicted molar refractivity (Wildman–Crippen MR) is 159 cm³/mol. The fourth-order valence-electron chi connectivity index (χ4n) is 5.72. The molecule has 1 saturated heterocycles. The number of amides is 1. The summed E-state index contributed by atoms with van der Waals surface area (Å²) >= 11 is 1.50. The number of thiophene rings is 1. The molecule has 4 N–H and O–H groups in total. The summed E-state index contributed by atoms with van der Waals surface area (Å²) in [6.07, 6.45) is 3.27. The molecule has 10 heteroatoms. The van der Waals surface area contributed by atoms with Gasteiger partial charge in [-0.15, -0.1) is 11.3 Å². The van der Waals surface area contributed by atoms with Crippen molar-refractivity contribution in [2.45, 2.75) is 51.0 Å². The number of hydrogen-bond donors (Lipinski definition) is 4. The number of carbonyl (C=O) groups is 2. The van der Waals surface area contributed by atoms with Crippen LogP contribution in [0.5, 0.6) is 5.75 Å². The van der Waals surface area contributed by atoms with Crippen LogP contribution in [0, 0.1) is 0 Å². The number of benzene rings is 2. The van der Waals surface area contributed by atoms with Crippen molar-refractivity contribution in [3.63, 3.8) is 0 Å². The third-order valence-corrected chi connectivity index (χ3v) is 9.04. The molecule has 0 bridgehead atoms. The van der Waals surface area contributed by atoms with E-state index in [9.17, 15) is 14.7 Å². The van der Waals surface area contributed by atoms with Crippen LogP contribution in [0.25, 0.3) is 10.9 Å². The Bertz CT molecular complexity index is 1510. The monoisotopic (exact) mass is 574 g/mol. The van der Waals surface area contributed by atoms with Crippen molar-refractivity contribution in [1.82, 2.24) is 15.2 Å². The van der Waals surface area contributed by atoms with Gasteiger partial charge < -0.3 is 30.2 Å². The van der Waals surface area contributed by atoms with E-state index in [0.29, 0.717) is 48.9 Å². The topological polar surface area (TPSA) is 116 Å². The molecule has 2 unspecified atom stereocenters. The molecule has 2 atom stereocenters. The molecule has 1 amide bonds. The van der Waals surface area contributed by atoms with E-state index in [1.165, 1.54) is 11.3 Å². The van der Waals surface area contributed by atoms with Crippen LogP contribution >= 0.6 is 11.3 Å². The van der Waals surface area contributed by atoms with Gasteiger partial charge in [-0.25, -0.2) is 4.79 Å². The molecule has 4 heterocycles. The second-order valence-corrected chi connectivity index (χ2v) is 11.7. The maximum absolute atomic E-state index is 13.1. The Morgan fingerprint density at radius 1 is 1.17 bits per heavy atom. The molecule has 1 fully saturated rings. The van der Waals surface area contributed by atoms with Crippen molar-refractivity contribution < 1.29 is 24.2 Å². The average Bonchev–Trinajstić information content (AvgIpc) is 3.58. The van der Waals surface area contributed by atoms with E-state index in [2.05, 4.69) is 20.5 Å². The number of methoxy groups -OCH3 is 1. The number of ether oxygens (including phenoxy) is 2. The number of H-pyrrole nitrogens is 1. The minimum atomic E-state index is -0.940. The number of fused-ring (bicyclic) bond motifs is 2. The zero-order valence-electron chi connectivity index (χ0n) is 22.9. The summed E-state index contributed by atoms with van der Waals surface area (Å²) in [5.41, 5.74) is 3.70. The number of aromatic amines is 1. The smallest absolute Gasteiger partial charge is 0.338 e. The summed E-state index contributed by atoms with van der Waals surface area (Å²) in [6.45, 7) is 2.31. The van der Waals surface area contributed by atoms with Crippen LogP contribution < -0.4 is 15.4 Å². The Balaban J connectivity index is 1.25. The molecule has 2 aliphatic heterocycles. The van der Waals surface area contributed by atoms with E-state index in [-0.39, 0.29) is 18.2 Å². The van der Waals surface area contributed by atoms with E-state index in [1.54, 1.807) is 7.11 Å². The van der Waals surface area contributed by atoms with E-state index < -0.39 is 5.97 Å². The number of nitrogens with zero attached hydrogens (tertiary/aromatic N) is 1. The molecule has 9 nitrogen and oxygen atoms in total. The van der Waals surface area contributed by atoms with Gasteiger partial charge in [0.2, 0.25) is 0 Å². The summed E-state index contributed by atoms with van der Waals surface area (Å²) in [7, 11) is 1.65. The van der Waals surface area contributed by atoms with Crippen LogP contribution in [0.15, 0.2) is 54.6 Å². The second-order valence-electron chi connectivity index (χ2n) is 10.6. The third kappa shape index (κ3) is 5.95. The molecule has 4 aromatic rings. The van der Waals surface area contributed by atoms with Crippen molar-refractivity contribution >= 4 is 39.1 Å². The highest BCUT2D eigenvalue weighted by Gasteiger charge is 2.34. The number of para-hydroxylation sites is 1. The summed E-state index contributed by atoms with van der Waals surface area (Å²) in [5, 5.41) is 18.4. The lowest BCUT2D eigenvalue weighted by molar-refractivity contribution is 0.0344. The van der Waals surface area contributed by atoms with E-state index in [0.717, 1.165) is 51.9 Å². The molecular formula is C31H34N4O5S. The van der Waals surface area contributed by atoms with Gasteiger partial charge in [0.1, 0.15) is 22.7 Å². The SMILES string of the molecule is COc1ccc(CN2Cc3sc(NC4CCCCO4)c(C(=O)O)c3CC2CNC(=O)c2cc3ccccc3[nH]2)cc1. The van der Waals surface area contributed by atoms with Gasteiger partial charge in [0, 0.05) is 48.1 Å². The zero-order chi connectivity index (χ0) is 28.3. The Labute approximate surface area is 242 Å². The molecule has 2 aromatic heterocycles. The van der Waals surface area contributed by atoms with Crippen LogP contribution in [-0.4, -0.2) is 59.4 Å². The normalized spacial score (nSPS) is 19.0. The lowest BCUT2D eigenvalue weighted by atomic mass is 9.95. The van der Waals surface area contributed by atoms with Crippen LogP contribution in [0.3, 0.4) is 0 Å². The Morgan fingerprint density at radius 3 is 2.73 bits per heavy atom. The Hall–Kier alpha value is -3.86. The quantitative estimate of drug-likeness (QED) is 0.216. The van der Waals surface area contributed by atoms with Crippen molar-refractivity contribution in [2.24, 2.45) is 0 Å². The molecule has 0 aliphatic carbocycles. The first-order chi connectivity index (χ1) is 20.0. The van der Waals surface area contributed by atoms with Gasteiger partial charge in [0.05, 0.1) is 12.7 Å². The van der Waals surface area contributed by atoms with E-state index >= 15 is 0 Å². The van der Waals surface area contributed by atoms with Crippen molar-refractivity contribution in [3.8, 4) is 5.75 Å². The predicted octanol–water partition coefficient (Wildman–Crippen LogP) is 5.23. The number of carboxylic acid groups (broad SMARTS) is 1. The molecule has 0 saturated carbocycles. The maximum Gasteiger partial charge on any atom is 0.338 e. The van der Waals surface area contributed by atoms with E-state index in [4.69, 9.17) is 9.47 Å². The molecule has 2 aromatic carbocycles. The average molecular weight is 575 g/mol. The second kappa shape index (κ2) is 11.9. The van der Waals surface area contributed by atoms with Crippen molar-refractivity contribution in [1.29, 1.82) is 0 Å². The van der Waals surface area contributed by atoms with Gasteiger partial charge in [-0.3, -0.25) is 9.69 Å². The highest BCUT2D eigenvalue weighted by molar-refractivity contribution is 7.16. The van der Waals surface area contributed by atoms with Crippen molar-refractivity contribution in [3.05, 3.63) is 81.9 Å². The number of hydrogen-bond acceptors (Lipinski definition) is 7. The van der Waals surface area contributed by atoms with Gasteiger partial charge in [-0.05, 0) is 61.1 Å². The lowest BCUT2D eigenvalue weighted by Crippen LogP contribution is -2.47. The van der Waals surface area contributed by atoms with Crippen LogP contribution in [0.4, 0.5) is 5.00 Å². The van der Waals surface area contributed by atoms with Gasteiger partial charge in [-0.2, -0.15) is 0 Å². The van der Waals surface area contributed by atoms with Crippen LogP contribution in [0.2, 0.25) is 0 Å². The maximum atomic E-state index is 13.1. The van der Waals surface area contributed by atoms with Crippen LogP contribution in [0.1, 0.15) is 56.1 Å². The highest BCUT2D eigenvalue weighted by Crippen LogP contribution is 2.40. The Kier molecular flexibility index (Phi) is 7.95. The minimum absolute atomic E-state index is 0.0931. The third-order valence-electron chi connectivity index (χ3n) is 7.90. The standard InChI is InChI=1S/C31H34N4O5S/c1-39-22-11-9-19(10-12-22)17-35-18-26-23(28(31(37)38)30(41-26)34-27-8-4-5-13-40-27)15-21(35)16-32-29(36)25-14-20-6-2-3-7-24(20)33-25/h2-3,6-7,9-12,14,21,27,33-34H,4-5,8,13,15-18H2,1H3,(H,32,36)(H,37,38).